The highest BCUT2D eigenvalue weighted by Gasteiger charge is 2.33. The van der Waals surface area contributed by atoms with Gasteiger partial charge in [-0.15, -0.1) is 0 Å². The Morgan fingerprint density at radius 3 is 2.19 bits per heavy atom. The first kappa shape index (κ1) is 21.0. The zero-order valence-corrected chi connectivity index (χ0v) is 17.3. The zero-order valence-electron chi connectivity index (χ0n) is 17.3. The number of rotatable bonds is 5. The van der Waals surface area contributed by atoms with Gasteiger partial charge >= 0.3 is 5.97 Å². The minimum Gasteiger partial charge on any atom is -0.449 e. The maximum atomic E-state index is 13.0. The number of hydrogen-bond donors (Lipinski definition) is 2. The molecule has 0 radical (unpaired) electrons. The van der Waals surface area contributed by atoms with Crippen LogP contribution in [-0.2, 0) is 16.1 Å². The molecule has 7 nitrogen and oxygen atoms in total. The van der Waals surface area contributed by atoms with Gasteiger partial charge in [0.05, 0.1) is 16.8 Å². The lowest BCUT2D eigenvalue weighted by atomic mass is 9.82. The molecule has 3 N–H and O–H groups in total. The van der Waals surface area contributed by atoms with Gasteiger partial charge in [-0.3, -0.25) is 14.4 Å². The summed E-state index contributed by atoms with van der Waals surface area (Å²) in [5, 5.41) is 2.70. The second-order valence-corrected chi connectivity index (χ2v) is 7.40. The second-order valence-electron chi connectivity index (χ2n) is 7.40. The van der Waals surface area contributed by atoms with E-state index in [2.05, 4.69) is 5.32 Å². The fraction of sp³-hybridized carbons (Fsp3) is 0.120. The van der Waals surface area contributed by atoms with Gasteiger partial charge in [0.15, 0.2) is 17.7 Å². The maximum Gasteiger partial charge on any atom is 0.341 e. The lowest BCUT2D eigenvalue weighted by Crippen LogP contribution is -2.35. The molecular formula is C25H20N2O5. The minimum atomic E-state index is -1.08. The number of benzene rings is 3. The Hall–Kier alpha value is -4.26. The summed E-state index contributed by atoms with van der Waals surface area (Å²) in [5.41, 5.74) is 7.45. The Labute approximate surface area is 184 Å². The average Bonchev–Trinajstić information content (AvgIpc) is 2.81. The highest BCUT2D eigenvalue weighted by atomic mass is 16.5. The summed E-state index contributed by atoms with van der Waals surface area (Å²) in [7, 11) is 0. The monoisotopic (exact) mass is 428 g/mol. The molecule has 160 valence electrons. The molecule has 3 aromatic carbocycles. The van der Waals surface area contributed by atoms with Crippen molar-refractivity contribution >= 4 is 29.1 Å². The molecule has 0 saturated heterocycles. The molecule has 1 unspecified atom stereocenters. The summed E-state index contributed by atoms with van der Waals surface area (Å²) in [6.45, 7) is 1.73. The predicted octanol–water partition coefficient (Wildman–Crippen LogP) is 2.91. The van der Waals surface area contributed by atoms with Gasteiger partial charge in [0.1, 0.15) is 0 Å². The van der Waals surface area contributed by atoms with E-state index >= 15 is 0 Å². The highest BCUT2D eigenvalue weighted by Crippen LogP contribution is 2.33. The summed E-state index contributed by atoms with van der Waals surface area (Å²) in [6.07, 6.45) is -1.08. The third-order valence-electron chi connectivity index (χ3n) is 5.32. The largest absolute Gasteiger partial charge is 0.449 e. The molecule has 32 heavy (non-hydrogen) atoms. The van der Waals surface area contributed by atoms with Gasteiger partial charge in [0, 0.05) is 23.2 Å². The van der Waals surface area contributed by atoms with Crippen molar-refractivity contribution in [2.24, 2.45) is 0 Å². The van der Waals surface area contributed by atoms with Crippen LogP contribution in [0.15, 0.2) is 66.7 Å². The summed E-state index contributed by atoms with van der Waals surface area (Å²) in [5.74, 6) is -2.10. The number of fused-ring (bicyclic) bond motifs is 2. The summed E-state index contributed by atoms with van der Waals surface area (Å²) >= 11 is 0. The van der Waals surface area contributed by atoms with Crippen LogP contribution in [0.25, 0.3) is 0 Å². The van der Waals surface area contributed by atoms with E-state index < -0.39 is 23.8 Å². The molecular weight excluding hydrogens is 408 g/mol. The van der Waals surface area contributed by atoms with Crippen molar-refractivity contribution in [3.63, 3.8) is 0 Å². The number of ketones is 2. The summed E-state index contributed by atoms with van der Waals surface area (Å²) in [6, 6.07) is 18.5. The first-order valence-electron chi connectivity index (χ1n) is 10.0. The maximum absolute atomic E-state index is 13.0. The van der Waals surface area contributed by atoms with Gasteiger partial charge in [-0.2, -0.15) is 0 Å². The fourth-order valence-electron chi connectivity index (χ4n) is 3.60. The van der Waals surface area contributed by atoms with Gasteiger partial charge in [-0.05, 0) is 24.6 Å². The molecule has 0 aromatic heterocycles. The smallest absolute Gasteiger partial charge is 0.341 e. The molecule has 0 fully saturated rings. The molecule has 7 heteroatoms. The van der Waals surface area contributed by atoms with Crippen LogP contribution in [0.3, 0.4) is 0 Å². The van der Waals surface area contributed by atoms with Crippen molar-refractivity contribution in [2.75, 3.05) is 5.73 Å². The molecule has 0 heterocycles. The van der Waals surface area contributed by atoms with Crippen molar-refractivity contribution in [2.45, 2.75) is 19.6 Å². The van der Waals surface area contributed by atoms with Crippen LogP contribution in [0.2, 0.25) is 0 Å². The third-order valence-corrected chi connectivity index (χ3v) is 5.32. The molecule has 0 aliphatic heterocycles. The zero-order chi connectivity index (χ0) is 22.8. The van der Waals surface area contributed by atoms with Gasteiger partial charge in [-0.25, -0.2) is 4.79 Å². The Morgan fingerprint density at radius 2 is 1.50 bits per heavy atom. The molecule has 1 aliphatic rings. The van der Waals surface area contributed by atoms with E-state index in [1.54, 1.807) is 24.3 Å². The van der Waals surface area contributed by atoms with Crippen LogP contribution in [-0.4, -0.2) is 29.5 Å². The van der Waals surface area contributed by atoms with E-state index in [0.29, 0.717) is 12.1 Å². The predicted molar refractivity (Wildman–Crippen MR) is 117 cm³/mol. The molecule has 1 amide bonds. The van der Waals surface area contributed by atoms with Crippen molar-refractivity contribution in [3.05, 3.63) is 100 Å². The molecule has 4 rings (SSSR count). The van der Waals surface area contributed by atoms with E-state index in [1.165, 1.54) is 19.1 Å². The topological polar surface area (TPSA) is 116 Å². The van der Waals surface area contributed by atoms with Crippen LogP contribution in [0.5, 0.6) is 0 Å². The van der Waals surface area contributed by atoms with E-state index in [0.717, 1.165) is 5.56 Å². The summed E-state index contributed by atoms with van der Waals surface area (Å²) in [4.78, 5) is 50.7. The SMILES string of the molecule is CC(OC(=O)c1ccc2c(c1N)C(=O)c1ccccc1C2=O)C(=O)NCc1ccccc1. The van der Waals surface area contributed by atoms with Crippen molar-refractivity contribution < 1.29 is 23.9 Å². The van der Waals surface area contributed by atoms with Crippen LogP contribution in [0.1, 0.15) is 54.7 Å². The fourth-order valence-corrected chi connectivity index (χ4v) is 3.60. The lowest BCUT2D eigenvalue weighted by molar-refractivity contribution is -0.129. The van der Waals surface area contributed by atoms with Crippen molar-refractivity contribution in [3.8, 4) is 0 Å². The van der Waals surface area contributed by atoms with Gasteiger partial charge in [0.25, 0.3) is 5.91 Å². The molecule has 0 bridgehead atoms. The number of anilines is 1. The average molecular weight is 428 g/mol. The first-order chi connectivity index (χ1) is 15.4. The molecule has 0 saturated carbocycles. The number of esters is 1. The number of ether oxygens (including phenoxy) is 1. The number of nitrogens with one attached hydrogen (secondary N) is 1. The number of nitrogen functional groups attached to an aromatic ring is 1. The van der Waals surface area contributed by atoms with Gasteiger partial charge < -0.3 is 15.8 Å². The molecule has 3 aromatic rings. The standard InChI is InChI=1S/C25H20N2O5/c1-14(24(30)27-13-15-7-3-2-4-8-15)32-25(31)19-12-11-18-20(21(19)26)23(29)17-10-6-5-9-16(17)22(18)28/h2-12,14H,13,26H2,1H3,(H,27,30). The molecule has 1 aliphatic carbocycles. The van der Waals surface area contributed by atoms with Crippen LogP contribution >= 0.6 is 0 Å². The van der Waals surface area contributed by atoms with E-state index in [1.807, 2.05) is 30.3 Å². The van der Waals surface area contributed by atoms with Crippen LogP contribution in [0.4, 0.5) is 5.69 Å². The van der Waals surface area contributed by atoms with Gasteiger partial charge in [-0.1, -0.05) is 54.6 Å². The minimum absolute atomic E-state index is 0.0238. The van der Waals surface area contributed by atoms with Gasteiger partial charge in [0.2, 0.25) is 0 Å². The molecule has 0 spiro atoms. The van der Waals surface area contributed by atoms with Crippen LogP contribution < -0.4 is 11.1 Å². The second kappa shape index (κ2) is 8.47. The highest BCUT2D eigenvalue weighted by molar-refractivity contribution is 6.30. The van der Waals surface area contributed by atoms with E-state index in [4.69, 9.17) is 10.5 Å². The lowest BCUT2D eigenvalue weighted by Gasteiger charge is -2.20. The number of hydrogen-bond acceptors (Lipinski definition) is 6. The molecule has 1 atom stereocenters. The third kappa shape index (κ3) is 3.76. The Balaban J connectivity index is 1.52. The van der Waals surface area contributed by atoms with Crippen molar-refractivity contribution in [1.29, 1.82) is 0 Å². The quantitative estimate of drug-likeness (QED) is 0.373. The number of carbonyl (C=O) groups excluding carboxylic acids is 4. The van der Waals surface area contributed by atoms with E-state index in [-0.39, 0.29) is 33.7 Å². The number of nitrogens with two attached hydrogens (primary N) is 1. The Morgan fingerprint density at radius 1 is 0.875 bits per heavy atom. The van der Waals surface area contributed by atoms with E-state index in [9.17, 15) is 19.2 Å². The van der Waals surface area contributed by atoms with Crippen molar-refractivity contribution in [1.82, 2.24) is 5.32 Å². The Bertz CT molecular complexity index is 1250. The first-order valence-corrected chi connectivity index (χ1v) is 10.0. The summed E-state index contributed by atoms with van der Waals surface area (Å²) < 4.78 is 5.26. The number of amides is 1. The number of carbonyl (C=O) groups is 4. The normalized spacial score (nSPS) is 13.0. The Kier molecular flexibility index (Phi) is 5.55. The van der Waals surface area contributed by atoms with Crippen LogP contribution in [0, 0.1) is 0 Å².